The Kier molecular flexibility index (Phi) is 3.18. The van der Waals surface area contributed by atoms with Crippen LogP contribution >= 0.6 is 0 Å². The SMILES string of the molecule is Cc1cc(F)ccc1C(=O)NCc1ccon1. The van der Waals surface area contributed by atoms with Crippen LogP contribution in [0.25, 0.3) is 0 Å². The second kappa shape index (κ2) is 4.78. The van der Waals surface area contributed by atoms with E-state index in [9.17, 15) is 9.18 Å². The summed E-state index contributed by atoms with van der Waals surface area (Å²) in [6, 6.07) is 5.71. The predicted octanol–water partition coefficient (Wildman–Crippen LogP) is 2.05. The van der Waals surface area contributed by atoms with Crippen molar-refractivity contribution >= 4 is 5.91 Å². The minimum atomic E-state index is -0.351. The Morgan fingerprint density at radius 3 is 2.94 bits per heavy atom. The van der Waals surface area contributed by atoms with Crippen LogP contribution in [0, 0.1) is 12.7 Å². The van der Waals surface area contributed by atoms with Crippen molar-refractivity contribution in [2.45, 2.75) is 13.5 Å². The maximum Gasteiger partial charge on any atom is 0.251 e. The number of nitrogens with zero attached hydrogens (tertiary/aromatic N) is 1. The first-order valence-electron chi connectivity index (χ1n) is 5.10. The summed E-state index contributed by atoms with van der Waals surface area (Å²) in [6.07, 6.45) is 1.44. The Hall–Kier alpha value is -2.17. The Morgan fingerprint density at radius 2 is 2.29 bits per heavy atom. The molecule has 2 aromatic rings. The summed E-state index contributed by atoms with van der Waals surface area (Å²) in [4.78, 5) is 11.8. The molecule has 0 aliphatic heterocycles. The second-order valence-corrected chi connectivity index (χ2v) is 3.63. The summed E-state index contributed by atoms with van der Waals surface area (Å²) in [5, 5.41) is 6.35. The number of carbonyl (C=O) groups excluding carboxylic acids is 1. The van der Waals surface area contributed by atoms with Gasteiger partial charge in [-0.3, -0.25) is 4.79 Å². The van der Waals surface area contributed by atoms with Crippen molar-refractivity contribution in [3.63, 3.8) is 0 Å². The predicted molar refractivity (Wildman–Crippen MR) is 58.8 cm³/mol. The highest BCUT2D eigenvalue weighted by Gasteiger charge is 2.09. The zero-order valence-corrected chi connectivity index (χ0v) is 9.24. The number of aromatic nitrogens is 1. The van der Waals surface area contributed by atoms with Crippen LogP contribution in [-0.4, -0.2) is 11.1 Å². The molecule has 0 aliphatic rings. The van der Waals surface area contributed by atoms with E-state index < -0.39 is 0 Å². The lowest BCUT2D eigenvalue weighted by Gasteiger charge is -2.06. The van der Waals surface area contributed by atoms with Crippen molar-refractivity contribution in [2.24, 2.45) is 0 Å². The van der Waals surface area contributed by atoms with Crippen LogP contribution in [0.4, 0.5) is 4.39 Å². The van der Waals surface area contributed by atoms with E-state index in [4.69, 9.17) is 0 Å². The fourth-order valence-corrected chi connectivity index (χ4v) is 1.48. The van der Waals surface area contributed by atoms with Crippen LogP contribution in [-0.2, 0) is 6.54 Å². The van der Waals surface area contributed by atoms with Gasteiger partial charge in [0.1, 0.15) is 17.8 Å². The summed E-state index contributed by atoms with van der Waals surface area (Å²) < 4.78 is 17.5. The number of aryl methyl sites for hydroxylation is 1. The van der Waals surface area contributed by atoms with Crippen LogP contribution < -0.4 is 5.32 Å². The standard InChI is InChI=1S/C12H11FN2O2/c1-8-6-9(13)2-3-11(8)12(16)14-7-10-4-5-17-15-10/h2-6H,7H2,1H3,(H,14,16). The highest BCUT2D eigenvalue weighted by Crippen LogP contribution is 2.10. The molecular formula is C12H11FN2O2. The molecule has 0 aliphatic carbocycles. The van der Waals surface area contributed by atoms with Crippen molar-refractivity contribution in [3.05, 3.63) is 53.2 Å². The largest absolute Gasteiger partial charge is 0.364 e. The van der Waals surface area contributed by atoms with Gasteiger partial charge in [0.15, 0.2) is 0 Å². The third kappa shape index (κ3) is 2.69. The molecule has 2 rings (SSSR count). The van der Waals surface area contributed by atoms with Gasteiger partial charge in [-0.05, 0) is 30.7 Å². The van der Waals surface area contributed by atoms with Gasteiger partial charge < -0.3 is 9.84 Å². The number of benzene rings is 1. The molecule has 0 spiro atoms. The van der Waals surface area contributed by atoms with Crippen molar-refractivity contribution < 1.29 is 13.7 Å². The molecular weight excluding hydrogens is 223 g/mol. The molecule has 0 saturated carbocycles. The highest BCUT2D eigenvalue weighted by molar-refractivity contribution is 5.95. The monoisotopic (exact) mass is 234 g/mol. The first-order chi connectivity index (χ1) is 8.16. The number of halogens is 1. The van der Waals surface area contributed by atoms with E-state index in [0.717, 1.165) is 0 Å². The summed E-state index contributed by atoms with van der Waals surface area (Å²) >= 11 is 0. The molecule has 0 bridgehead atoms. The molecule has 1 N–H and O–H groups in total. The Morgan fingerprint density at radius 1 is 1.47 bits per heavy atom. The molecule has 1 amide bonds. The smallest absolute Gasteiger partial charge is 0.251 e. The molecule has 0 atom stereocenters. The number of carbonyl (C=O) groups is 1. The molecule has 0 unspecified atom stereocenters. The minimum Gasteiger partial charge on any atom is -0.364 e. The van der Waals surface area contributed by atoms with E-state index in [-0.39, 0.29) is 18.3 Å². The third-order valence-electron chi connectivity index (χ3n) is 2.35. The minimum absolute atomic E-state index is 0.259. The van der Waals surface area contributed by atoms with E-state index in [2.05, 4.69) is 15.0 Å². The van der Waals surface area contributed by atoms with Crippen LogP contribution in [0.3, 0.4) is 0 Å². The molecule has 88 valence electrons. The number of amides is 1. The Balaban J connectivity index is 2.04. The van der Waals surface area contributed by atoms with Gasteiger partial charge in [0.05, 0.1) is 6.54 Å². The highest BCUT2D eigenvalue weighted by atomic mass is 19.1. The van der Waals surface area contributed by atoms with E-state index >= 15 is 0 Å². The molecule has 1 aromatic carbocycles. The zero-order valence-electron chi connectivity index (χ0n) is 9.24. The second-order valence-electron chi connectivity index (χ2n) is 3.63. The van der Waals surface area contributed by atoms with E-state index in [1.807, 2.05) is 0 Å². The number of nitrogens with one attached hydrogen (secondary N) is 1. The fourth-order valence-electron chi connectivity index (χ4n) is 1.48. The Labute approximate surface area is 97.4 Å². The molecule has 0 saturated heterocycles. The van der Waals surface area contributed by atoms with Crippen LogP contribution in [0.15, 0.2) is 35.1 Å². The first kappa shape index (κ1) is 11.3. The molecule has 5 heteroatoms. The van der Waals surface area contributed by atoms with Gasteiger partial charge in [-0.2, -0.15) is 0 Å². The van der Waals surface area contributed by atoms with Crippen molar-refractivity contribution in [2.75, 3.05) is 0 Å². The number of hydrogen-bond acceptors (Lipinski definition) is 3. The average molecular weight is 234 g/mol. The lowest BCUT2D eigenvalue weighted by molar-refractivity contribution is 0.0949. The maximum atomic E-state index is 12.9. The van der Waals surface area contributed by atoms with E-state index in [1.54, 1.807) is 13.0 Å². The molecule has 0 fully saturated rings. The summed E-state index contributed by atoms with van der Waals surface area (Å²) in [7, 11) is 0. The van der Waals surface area contributed by atoms with Crippen LogP contribution in [0.5, 0.6) is 0 Å². The van der Waals surface area contributed by atoms with Gasteiger partial charge in [0.25, 0.3) is 5.91 Å². The van der Waals surface area contributed by atoms with Gasteiger partial charge in [0.2, 0.25) is 0 Å². The summed E-state index contributed by atoms with van der Waals surface area (Å²) in [5.41, 5.74) is 1.69. The summed E-state index contributed by atoms with van der Waals surface area (Å²) in [6.45, 7) is 1.97. The molecule has 0 radical (unpaired) electrons. The van der Waals surface area contributed by atoms with Crippen LogP contribution in [0.1, 0.15) is 21.6 Å². The topological polar surface area (TPSA) is 55.1 Å². The van der Waals surface area contributed by atoms with Crippen molar-refractivity contribution in [1.29, 1.82) is 0 Å². The number of hydrogen-bond donors (Lipinski definition) is 1. The zero-order chi connectivity index (χ0) is 12.3. The first-order valence-corrected chi connectivity index (χ1v) is 5.10. The molecule has 1 heterocycles. The lowest BCUT2D eigenvalue weighted by atomic mass is 10.1. The fraction of sp³-hybridized carbons (Fsp3) is 0.167. The van der Waals surface area contributed by atoms with E-state index in [1.165, 1.54) is 24.5 Å². The lowest BCUT2D eigenvalue weighted by Crippen LogP contribution is -2.23. The Bertz CT molecular complexity index is 523. The third-order valence-corrected chi connectivity index (χ3v) is 2.35. The van der Waals surface area contributed by atoms with Gasteiger partial charge >= 0.3 is 0 Å². The molecule has 1 aromatic heterocycles. The molecule has 17 heavy (non-hydrogen) atoms. The maximum absolute atomic E-state index is 12.9. The number of rotatable bonds is 3. The normalized spacial score (nSPS) is 10.2. The summed E-state index contributed by atoms with van der Waals surface area (Å²) in [5.74, 6) is -0.610. The van der Waals surface area contributed by atoms with Crippen LogP contribution in [0.2, 0.25) is 0 Å². The molecule has 4 nitrogen and oxygen atoms in total. The van der Waals surface area contributed by atoms with Crippen molar-refractivity contribution in [3.8, 4) is 0 Å². The van der Waals surface area contributed by atoms with Crippen molar-refractivity contribution in [1.82, 2.24) is 10.5 Å². The van der Waals surface area contributed by atoms with Gasteiger partial charge in [-0.1, -0.05) is 5.16 Å². The van der Waals surface area contributed by atoms with E-state index in [0.29, 0.717) is 16.8 Å². The quantitative estimate of drug-likeness (QED) is 0.884. The average Bonchev–Trinajstić information content (AvgIpc) is 2.78. The van der Waals surface area contributed by atoms with Gasteiger partial charge in [-0.25, -0.2) is 4.39 Å². The van der Waals surface area contributed by atoms with Gasteiger partial charge in [-0.15, -0.1) is 0 Å². The van der Waals surface area contributed by atoms with Gasteiger partial charge in [0, 0.05) is 11.6 Å².